The minimum absolute atomic E-state index is 0.245. The molecule has 1 aliphatic heterocycles. The van der Waals surface area contributed by atoms with Crippen LogP contribution >= 0.6 is 22.6 Å². The average molecular weight is 407 g/mol. The van der Waals surface area contributed by atoms with E-state index in [1.54, 1.807) is 0 Å². The second-order valence-corrected chi connectivity index (χ2v) is 7.22. The molecule has 0 aromatic heterocycles. The largest absolute Gasteiger partial charge is 0.372 e. The van der Waals surface area contributed by atoms with Crippen molar-refractivity contribution in [2.75, 3.05) is 6.54 Å². The highest BCUT2D eigenvalue weighted by Crippen LogP contribution is 2.27. The first-order chi connectivity index (χ1) is 10.7. The Balaban J connectivity index is 1.69. The van der Waals surface area contributed by atoms with E-state index >= 15 is 0 Å². The summed E-state index contributed by atoms with van der Waals surface area (Å²) in [4.78, 5) is 0. The predicted molar refractivity (Wildman–Crippen MR) is 98.9 cm³/mol. The standard InChI is InChI=1S/C19H22INO/c1-14-10-15(12-17(20)11-14)13-22-18-8-5-9-21-19(18)16-6-3-2-4-7-16/h2-4,6-7,10-12,18-19,21H,5,8-9,13H2,1H3. The Labute approximate surface area is 146 Å². The number of ether oxygens (including phenoxy) is 1. The second-order valence-electron chi connectivity index (χ2n) is 5.97. The van der Waals surface area contributed by atoms with Crippen LogP contribution in [-0.2, 0) is 11.3 Å². The van der Waals surface area contributed by atoms with Gasteiger partial charge in [-0.15, -0.1) is 0 Å². The molecule has 1 heterocycles. The van der Waals surface area contributed by atoms with Crippen LogP contribution in [0.1, 0.15) is 35.6 Å². The van der Waals surface area contributed by atoms with Gasteiger partial charge in [0, 0.05) is 3.57 Å². The van der Waals surface area contributed by atoms with Gasteiger partial charge in [0.15, 0.2) is 0 Å². The van der Waals surface area contributed by atoms with Gasteiger partial charge in [-0.3, -0.25) is 0 Å². The number of hydrogen-bond donors (Lipinski definition) is 1. The molecule has 0 radical (unpaired) electrons. The molecule has 1 N–H and O–H groups in total. The molecule has 1 aliphatic rings. The maximum absolute atomic E-state index is 6.28. The van der Waals surface area contributed by atoms with Crippen LogP contribution in [0.25, 0.3) is 0 Å². The van der Waals surface area contributed by atoms with Crippen LogP contribution in [0.5, 0.6) is 0 Å². The molecular weight excluding hydrogens is 385 g/mol. The van der Waals surface area contributed by atoms with Crippen LogP contribution in [0.2, 0.25) is 0 Å². The van der Waals surface area contributed by atoms with E-state index < -0.39 is 0 Å². The molecule has 0 spiro atoms. The lowest BCUT2D eigenvalue weighted by Crippen LogP contribution is -2.39. The van der Waals surface area contributed by atoms with Crippen LogP contribution in [0.3, 0.4) is 0 Å². The summed E-state index contributed by atoms with van der Waals surface area (Å²) in [7, 11) is 0. The van der Waals surface area contributed by atoms with Gasteiger partial charge >= 0.3 is 0 Å². The molecular formula is C19H22INO. The van der Waals surface area contributed by atoms with Crippen molar-refractivity contribution in [2.24, 2.45) is 0 Å². The summed E-state index contributed by atoms with van der Waals surface area (Å²) in [6.07, 6.45) is 2.55. The lowest BCUT2D eigenvalue weighted by atomic mass is 9.94. The summed E-state index contributed by atoms with van der Waals surface area (Å²) in [6, 6.07) is 17.6. The normalized spacial score (nSPS) is 21.7. The summed E-state index contributed by atoms with van der Waals surface area (Å²) in [5.41, 5.74) is 3.89. The summed E-state index contributed by atoms with van der Waals surface area (Å²) < 4.78 is 7.56. The molecule has 0 saturated carbocycles. The minimum atomic E-state index is 0.245. The SMILES string of the molecule is Cc1cc(I)cc(COC2CCCNC2c2ccccc2)c1. The van der Waals surface area contributed by atoms with Crippen molar-refractivity contribution in [3.05, 3.63) is 68.8 Å². The maximum atomic E-state index is 6.28. The van der Waals surface area contributed by atoms with Crippen molar-refractivity contribution in [3.8, 4) is 0 Å². The first kappa shape index (κ1) is 16.0. The average Bonchev–Trinajstić information content (AvgIpc) is 2.53. The van der Waals surface area contributed by atoms with Gasteiger partial charge in [0.2, 0.25) is 0 Å². The van der Waals surface area contributed by atoms with Gasteiger partial charge in [-0.2, -0.15) is 0 Å². The van der Waals surface area contributed by atoms with Crippen LogP contribution in [0.4, 0.5) is 0 Å². The third kappa shape index (κ3) is 4.09. The van der Waals surface area contributed by atoms with Crippen molar-refractivity contribution in [3.63, 3.8) is 0 Å². The molecule has 3 heteroatoms. The first-order valence-electron chi connectivity index (χ1n) is 7.88. The van der Waals surface area contributed by atoms with E-state index in [-0.39, 0.29) is 6.10 Å². The molecule has 0 aliphatic carbocycles. The van der Waals surface area contributed by atoms with Crippen molar-refractivity contribution < 1.29 is 4.74 Å². The van der Waals surface area contributed by atoms with E-state index in [1.807, 2.05) is 0 Å². The van der Waals surface area contributed by atoms with E-state index in [1.165, 1.54) is 26.7 Å². The van der Waals surface area contributed by atoms with E-state index in [0.717, 1.165) is 13.0 Å². The fourth-order valence-corrected chi connectivity index (χ4v) is 4.02. The third-order valence-corrected chi connectivity index (χ3v) is 4.75. The van der Waals surface area contributed by atoms with Crippen molar-refractivity contribution >= 4 is 22.6 Å². The van der Waals surface area contributed by atoms with E-state index in [4.69, 9.17) is 4.74 Å². The smallest absolute Gasteiger partial charge is 0.0774 e. The maximum Gasteiger partial charge on any atom is 0.0774 e. The number of halogens is 1. The third-order valence-electron chi connectivity index (χ3n) is 4.13. The molecule has 2 aromatic carbocycles. The van der Waals surface area contributed by atoms with Gasteiger partial charge in [-0.05, 0) is 77.7 Å². The number of nitrogens with one attached hydrogen (secondary N) is 1. The number of rotatable bonds is 4. The highest BCUT2D eigenvalue weighted by molar-refractivity contribution is 14.1. The molecule has 0 amide bonds. The van der Waals surface area contributed by atoms with Gasteiger partial charge in [0.1, 0.15) is 0 Å². The van der Waals surface area contributed by atoms with E-state index in [0.29, 0.717) is 12.6 Å². The molecule has 2 unspecified atom stereocenters. The van der Waals surface area contributed by atoms with Gasteiger partial charge in [0.25, 0.3) is 0 Å². The Morgan fingerprint density at radius 3 is 2.77 bits per heavy atom. The Morgan fingerprint density at radius 1 is 1.18 bits per heavy atom. The van der Waals surface area contributed by atoms with Crippen LogP contribution in [0.15, 0.2) is 48.5 Å². The number of benzene rings is 2. The van der Waals surface area contributed by atoms with Crippen LogP contribution < -0.4 is 5.32 Å². The first-order valence-corrected chi connectivity index (χ1v) is 8.96. The molecule has 2 aromatic rings. The van der Waals surface area contributed by atoms with Crippen molar-refractivity contribution in [1.29, 1.82) is 0 Å². The van der Waals surface area contributed by atoms with Crippen LogP contribution in [-0.4, -0.2) is 12.6 Å². The van der Waals surface area contributed by atoms with Gasteiger partial charge in [-0.1, -0.05) is 36.4 Å². The zero-order valence-corrected chi connectivity index (χ0v) is 15.0. The minimum Gasteiger partial charge on any atom is -0.372 e. The highest BCUT2D eigenvalue weighted by Gasteiger charge is 2.26. The lowest BCUT2D eigenvalue weighted by Gasteiger charge is -2.33. The zero-order chi connectivity index (χ0) is 15.4. The van der Waals surface area contributed by atoms with Crippen molar-refractivity contribution in [1.82, 2.24) is 5.32 Å². The van der Waals surface area contributed by atoms with Gasteiger partial charge in [0.05, 0.1) is 18.8 Å². The molecule has 22 heavy (non-hydrogen) atoms. The quantitative estimate of drug-likeness (QED) is 0.748. The summed E-state index contributed by atoms with van der Waals surface area (Å²) >= 11 is 2.37. The topological polar surface area (TPSA) is 21.3 Å². The highest BCUT2D eigenvalue weighted by atomic mass is 127. The number of hydrogen-bond acceptors (Lipinski definition) is 2. The van der Waals surface area contributed by atoms with Crippen molar-refractivity contribution in [2.45, 2.75) is 38.5 Å². The molecule has 1 saturated heterocycles. The Morgan fingerprint density at radius 2 is 2.00 bits per heavy atom. The monoisotopic (exact) mass is 407 g/mol. The molecule has 2 nitrogen and oxygen atoms in total. The summed E-state index contributed by atoms with van der Waals surface area (Å²) in [5.74, 6) is 0. The van der Waals surface area contributed by atoms with Crippen LogP contribution in [0, 0.1) is 10.5 Å². The second kappa shape index (κ2) is 7.57. The predicted octanol–water partition coefficient (Wildman–Crippen LogP) is 4.61. The molecule has 2 atom stereocenters. The summed E-state index contributed by atoms with van der Waals surface area (Å²) in [6.45, 7) is 3.90. The van der Waals surface area contributed by atoms with E-state index in [2.05, 4.69) is 83.4 Å². The fraction of sp³-hybridized carbons (Fsp3) is 0.368. The fourth-order valence-electron chi connectivity index (χ4n) is 3.13. The number of aryl methyl sites for hydroxylation is 1. The zero-order valence-electron chi connectivity index (χ0n) is 12.9. The Kier molecular flexibility index (Phi) is 5.50. The Hall–Kier alpha value is -0.910. The Bertz CT molecular complexity index is 594. The molecule has 1 fully saturated rings. The lowest BCUT2D eigenvalue weighted by molar-refractivity contribution is -0.00360. The molecule has 0 bridgehead atoms. The van der Waals surface area contributed by atoms with Gasteiger partial charge in [-0.25, -0.2) is 0 Å². The molecule has 116 valence electrons. The molecule has 3 rings (SSSR count). The van der Waals surface area contributed by atoms with E-state index in [9.17, 15) is 0 Å². The summed E-state index contributed by atoms with van der Waals surface area (Å²) in [5, 5.41) is 3.62. The van der Waals surface area contributed by atoms with Gasteiger partial charge < -0.3 is 10.1 Å². The number of piperidine rings is 1.